The lowest BCUT2D eigenvalue weighted by atomic mass is 10.1. The van der Waals surface area contributed by atoms with E-state index in [1.807, 2.05) is 43.3 Å². The number of anilines is 1. The normalized spacial score (nSPS) is 11.5. The number of hydrogen-bond donors (Lipinski definition) is 2. The van der Waals surface area contributed by atoms with E-state index in [-0.39, 0.29) is 19.1 Å². The number of carbonyl (C=O) groups is 2. The summed E-state index contributed by atoms with van der Waals surface area (Å²) < 4.78 is 16.9. The van der Waals surface area contributed by atoms with Crippen LogP contribution >= 0.6 is 23.2 Å². The van der Waals surface area contributed by atoms with Gasteiger partial charge in [0.1, 0.15) is 18.1 Å². The lowest BCUT2D eigenvalue weighted by molar-refractivity contribution is -0.149. The molecule has 2 N–H and O–H groups in total. The molecule has 0 spiro atoms. The molecule has 0 aliphatic rings. The zero-order valence-electron chi connectivity index (χ0n) is 22.6. The Morgan fingerprint density at radius 2 is 1.55 bits per heavy atom. The van der Waals surface area contributed by atoms with Gasteiger partial charge in [0, 0.05) is 35.3 Å². The summed E-state index contributed by atoms with van der Waals surface area (Å²) in [5, 5.41) is 13.2. The van der Waals surface area contributed by atoms with E-state index >= 15 is 0 Å². The average Bonchev–Trinajstić information content (AvgIpc) is 2.91. The van der Waals surface area contributed by atoms with Gasteiger partial charge >= 0.3 is 12.0 Å². The van der Waals surface area contributed by atoms with Crippen molar-refractivity contribution in [3.05, 3.63) is 87.9 Å². The summed E-state index contributed by atoms with van der Waals surface area (Å²) in [6.07, 6.45) is -0.0536. The summed E-state index contributed by atoms with van der Waals surface area (Å²) in [7, 11) is 0. The van der Waals surface area contributed by atoms with Crippen molar-refractivity contribution in [3.63, 3.8) is 0 Å². The number of halogens is 2. The van der Waals surface area contributed by atoms with Crippen molar-refractivity contribution in [1.82, 2.24) is 4.90 Å². The first kappa shape index (κ1) is 31.1. The minimum atomic E-state index is -0.993. The third kappa shape index (κ3) is 10.6. The number of amides is 2. The van der Waals surface area contributed by atoms with Crippen LogP contribution in [-0.4, -0.2) is 61.0 Å². The maximum absolute atomic E-state index is 13.1. The Morgan fingerprint density at radius 1 is 0.900 bits per heavy atom. The van der Waals surface area contributed by atoms with E-state index in [4.69, 9.17) is 37.4 Å². The number of benzene rings is 3. The highest BCUT2D eigenvalue weighted by Crippen LogP contribution is 2.24. The van der Waals surface area contributed by atoms with Gasteiger partial charge in [-0.25, -0.2) is 9.59 Å². The van der Waals surface area contributed by atoms with Crippen molar-refractivity contribution in [3.8, 4) is 11.5 Å². The van der Waals surface area contributed by atoms with E-state index in [1.165, 1.54) is 0 Å². The third-order valence-corrected chi connectivity index (χ3v) is 6.32. The molecular formula is C30H34Cl2N2O6. The van der Waals surface area contributed by atoms with E-state index in [0.29, 0.717) is 60.0 Å². The molecule has 0 bridgehead atoms. The average molecular weight is 590 g/mol. The van der Waals surface area contributed by atoms with Crippen LogP contribution in [0.15, 0.2) is 66.7 Å². The molecule has 0 aliphatic heterocycles. The molecule has 0 aliphatic carbocycles. The number of aryl methyl sites for hydroxylation is 1. The molecule has 1 unspecified atom stereocenters. The molecule has 0 aromatic heterocycles. The van der Waals surface area contributed by atoms with Crippen LogP contribution in [0.5, 0.6) is 11.5 Å². The van der Waals surface area contributed by atoms with E-state index < -0.39 is 12.1 Å². The molecule has 8 nitrogen and oxygen atoms in total. The second-order valence-corrected chi connectivity index (χ2v) is 9.94. The van der Waals surface area contributed by atoms with Crippen LogP contribution in [0.1, 0.15) is 24.5 Å². The van der Waals surface area contributed by atoms with Crippen molar-refractivity contribution < 1.29 is 28.9 Å². The Kier molecular flexibility index (Phi) is 12.4. The Hall–Kier alpha value is -3.46. The molecule has 0 saturated carbocycles. The fourth-order valence-corrected chi connectivity index (χ4v) is 4.35. The quantitative estimate of drug-likeness (QED) is 0.191. The van der Waals surface area contributed by atoms with Crippen LogP contribution in [0.25, 0.3) is 0 Å². The van der Waals surface area contributed by atoms with Crippen molar-refractivity contribution in [2.45, 2.75) is 32.8 Å². The minimum absolute atomic E-state index is 0.246. The number of carboxylic acid groups (broad SMARTS) is 1. The molecule has 1 atom stereocenters. The number of nitrogens with zero attached hydrogens (tertiary/aromatic N) is 1. The molecule has 2 amide bonds. The first-order chi connectivity index (χ1) is 19.2. The maximum Gasteiger partial charge on any atom is 0.333 e. The number of urea groups is 1. The fourth-order valence-electron chi connectivity index (χ4n) is 3.84. The van der Waals surface area contributed by atoms with Crippen molar-refractivity contribution in [1.29, 1.82) is 0 Å². The number of carbonyl (C=O) groups excluding carboxylic acids is 1. The molecule has 3 rings (SSSR count). The standard InChI is InChI=1S/C30H34Cl2N2O6/c1-3-38-28(29(35)36)17-22-7-11-26(12-8-22)40-16-14-34(30(37)33-25-9-5-21(2)6-10-25)13-4-15-39-27-19-23(31)18-24(32)20-27/h5-12,18-20,28H,3-4,13-17H2,1-2H3,(H,33,37)(H,35,36). The molecule has 3 aromatic rings. The molecule has 0 fully saturated rings. The van der Waals surface area contributed by atoms with Gasteiger partial charge in [-0.1, -0.05) is 53.0 Å². The van der Waals surface area contributed by atoms with Gasteiger partial charge in [-0.3, -0.25) is 0 Å². The summed E-state index contributed by atoms with van der Waals surface area (Å²) in [5.74, 6) is 0.191. The number of nitrogens with one attached hydrogen (secondary N) is 1. The second kappa shape index (κ2) is 16.0. The number of hydrogen-bond acceptors (Lipinski definition) is 5. The highest BCUT2D eigenvalue weighted by atomic mass is 35.5. The van der Waals surface area contributed by atoms with Crippen molar-refractivity contribution in [2.24, 2.45) is 0 Å². The smallest absolute Gasteiger partial charge is 0.333 e. The van der Waals surface area contributed by atoms with Gasteiger partial charge in [0.15, 0.2) is 6.10 Å². The summed E-state index contributed by atoms with van der Waals surface area (Å²) >= 11 is 12.1. The SMILES string of the molecule is CCOC(Cc1ccc(OCCN(CCCOc2cc(Cl)cc(Cl)c2)C(=O)Nc2ccc(C)cc2)cc1)C(=O)O. The monoisotopic (exact) mass is 588 g/mol. The number of carboxylic acids is 1. The summed E-state index contributed by atoms with van der Waals surface area (Å²) in [5.41, 5.74) is 2.63. The summed E-state index contributed by atoms with van der Waals surface area (Å²) in [6, 6.07) is 19.5. The fraction of sp³-hybridized carbons (Fsp3) is 0.333. The van der Waals surface area contributed by atoms with Crippen LogP contribution in [-0.2, 0) is 16.0 Å². The van der Waals surface area contributed by atoms with Crippen molar-refractivity contribution in [2.75, 3.05) is 38.2 Å². The molecule has 214 valence electrons. The highest BCUT2D eigenvalue weighted by Gasteiger charge is 2.18. The van der Waals surface area contributed by atoms with Crippen LogP contribution in [0.3, 0.4) is 0 Å². The molecule has 0 heterocycles. The van der Waals surface area contributed by atoms with E-state index in [9.17, 15) is 14.7 Å². The van der Waals surface area contributed by atoms with Crippen LogP contribution < -0.4 is 14.8 Å². The molecular weight excluding hydrogens is 555 g/mol. The number of aliphatic carboxylic acids is 1. The maximum atomic E-state index is 13.1. The Balaban J connectivity index is 1.55. The zero-order chi connectivity index (χ0) is 28.9. The van der Waals surface area contributed by atoms with Gasteiger partial charge in [0.25, 0.3) is 0 Å². The highest BCUT2D eigenvalue weighted by molar-refractivity contribution is 6.34. The Labute approximate surface area is 244 Å². The summed E-state index contributed by atoms with van der Waals surface area (Å²) in [4.78, 5) is 26.1. The van der Waals surface area contributed by atoms with Crippen LogP contribution in [0, 0.1) is 6.92 Å². The van der Waals surface area contributed by atoms with Crippen LogP contribution in [0.4, 0.5) is 10.5 Å². The van der Waals surface area contributed by atoms with Gasteiger partial charge in [-0.15, -0.1) is 0 Å². The molecule has 10 heteroatoms. The molecule has 40 heavy (non-hydrogen) atoms. The first-order valence-corrected chi connectivity index (χ1v) is 13.8. The summed E-state index contributed by atoms with van der Waals surface area (Å²) in [6.45, 7) is 5.48. The van der Waals surface area contributed by atoms with Gasteiger partial charge in [0.05, 0.1) is 13.2 Å². The van der Waals surface area contributed by atoms with E-state index in [2.05, 4.69) is 5.32 Å². The van der Waals surface area contributed by atoms with Crippen LogP contribution in [0.2, 0.25) is 10.0 Å². The van der Waals surface area contributed by atoms with Gasteiger partial charge in [0.2, 0.25) is 0 Å². The minimum Gasteiger partial charge on any atom is -0.493 e. The predicted molar refractivity (Wildman–Crippen MR) is 157 cm³/mol. The second-order valence-electron chi connectivity index (χ2n) is 9.07. The first-order valence-electron chi connectivity index (χ1n) is 13.0. The lowest BCUT2D eigenvalue weighted by Crippen LogP contribution is -2.39. The Morgan fingerprint density at radius 3 is 2.17 bits per heavy atom. The van der Waals surface area contributed by atoms with Gasteiger partial charge in [-0.05, 0) is 68.3 Å². The van der Waals surface area contributed by atoms with Gasteiger partial charge < -0.3 is 29.5 Å². The predicted octanol–water partition coefficient (Wildman–Crippen LogP) is 6.72. The lowest BCUT2D eigenvalue weighted by Gasteiger charge is -2.23. The van der Waals surface area contributed by atoms with Crippen molar-refractivity contribution >= 4 is 40.9 Å². The van der Waals surface area contributed by atoms with Gasteiger partial charge in [-0.2, -0.15) is 0 Å². The molecule has 0 saturated heterocycles. The van der Waals surface area contributed by atoms with E-state index in [0.717, 1.165) is 11.1 Å². The molecule has 0 radical (unpaired) electrons. The third-order valence-electron chi connectivity index (χ3n) is 5.88. The topological polar surface area (TPSA) is 97.3 Å². The Bertz CT molecular complexity index is 1220. The number of ether oxygens (including phenoxy) is 3. The van der Waals surface area contributed by atoms with E-state index in [1.54, 1.807) is 42.2 Å². The largest absolute Gasteiger partial charge is 0.493 e. The zero-order valence-corrected chi connectivity index (χ0v) is 24.1. The molecule has 3 aromatic carbocycles. The number of rotatable bonds is 15.